The number of carbonyl (C=O) groups excluding carboxylic acids is 1. The van der Waals surface area contributed by atoms with E-state index in [0.717, 1.165) is 29.9 Å². The van der Waals surface area contributed by atoms with Crippen LogP contribution in [0.1, 0.15) is 36.1 Å². The Morgan fingerprint density at radius 2 is 2.12 bits per heavy atom. The van der Waals surface area contributed by atoms with Gasteiger partial charge in [-0.25, -0.2) is 13.4 Å². The number of piperidine rings is 1. The van der Waals surface area contributed by atoms with E-state index in [1.165, 1.54) is 16.5 Å². The Morgan fingerprint density at radius 3 is 2.94 bits per heavy atom. The highest BCUT2D eigenvalue weighted by molar-refractivity contribution is 7.99. The van der Waals surface area contributed by atoms with Crippen LogP contribution in [-0.4, -0.2) is 64.8 Å². The lowest BCUT2D eigenvalue weighted by Gasteiger charge is -2.31. The summed E-state index contributed by atoms with van der Waals surface area (Å²) in [4.78, 5) is 19.5. The lowest BCUT2D eigenvalue weighted by Crippen LogP contribution is -2.40. The highest BCUT2D eigenvalue weighted by Gasteiger charge is 2.30. The van der Waals surface area contributed by atoms with Crippen LogP contribution in [0, 0.1) is 5.92 Å². The first-order valence-corrected chi connectivity index (χ1v) is 14.4. The molecule has 5 rings (SSSR count). The second-order valence-electron chi connectivity index (χ2n) is 8.42. The number of thiazole rings is 1. The summed E-state index contributed by atoms with van der Waals surface area (Å²) in [5, 5.41) is 9.50. The van der Waals surface area contributed by atoms with Crippen molar-refractivity contribution in [1.29, 1.82) is 0 Å². The maximum absolute atomic E-state index is 12.8. The number of likely N-dealkylation sites (tertiary alicyclic amines) is 1. The van der Waals surface area contributed by atoms with E-state index >= 15 is 0 Å². The molecule has 2 atom stereocenters. The molecule has 8 nitrogen and oxygen atoms in total. The standard InChI is InChI=1S/C21H24N4O4S3/c26-19(12-30-21-24-23-18(29-21)10-14-7-9-32(27,28)13-14)25-8-3-4-15(11-25)20-22-16-5-1-2-6-17(16)31-20/h1-2,5-6,14-15H,3-4,7-13H2/t14-,15+/m0/s1. The van der Waals surface area contributed by atoms with Crippen LogP contribution in [-0.2, 0) is 21.1 Å². The van der Waals surface area contributed by atoms with Gasteiger partial charge in [-0.3, -0.25) is 4.79 Å². The number of amides is 1. The molecular formula is C21H24N4O4S3. The Kier molecular flexibility index (Phi) is 6.22. The molecule has 0 bridgehead atoms. The van der Waals surface area contributed by atoms with Crippen molar-refractivity contribution in [3.8, 4) is 0 Å². The fourth-order valence-corrected chi connectivity index (χ4v) is 7.98. The molecule has 2 aromatic heterocycles. The van der Waals surface area contributed by atoms with Gasteiger partial charge in [0.05, 0.1) is 32.5 Å². The summed E-state index contributed by atoms with van der Waals surface area (Å²) in [5.41, 5.74) is 1.02. The highest BCUT2D eigenvalue weighted by Crippen LogP contribution is 2.33. The van der Waals surface area contributed by atoms with Crippen molar-refractivity contribution < 1.29 is 17.6 Å². The normalized spacial score (nSPS) is 23.1. The fourth-order valence-electron chi connectivity index (χ4n) is 4.34. The molecule has 0 aliphatic carbocycles. The van der Waals surface area contributed by atoms with Gasteiger partial charge in [0.25, 0.3) is 5.22 Å². The van der Waals surface area contributed by atoms with Crippen LogP contribution >= 0.6 is 23.1 Å². The van der Waals surface area contributed by atoms with Crippen molar-refractivity contribution in [2.45, 2.75) is 36.8 Å². The Bertz CT molecular complexity index is 1190. The second kappa shape index (κ2) is 9.11. The topological polar surface area (TPSA) is 106 Å². The predicted molar refractivity (Wildman–Crippen MR) is 124 cm³/mol. The smallest absolute Gasteiger partial charge is 0.277 e. The minimum Gasteiger partial charge on any atom is -0.416 e. The molecule has 32 heavy (non-hydrogen) atoms. The molecule has 1 aromatic carbocycles. The average molecular weight is 493 g/mol. The van der Waals surface area contributed by atoms with Gasteiger partial charge < -0.3 is 9.32 Å². The SMILES string of the molecule is O=C(CSc1nnc(C[C@@H]2CCS(=O)(=O)C2)o1)N1CCC[C@@H](c2nc3ccccc3s2)C1. The molecular weight excluding hydrogens is 468 g/mol. The zero-order chi connectivity index (χ0) is 22.1. The molecule has 0 saturated carbocycles. The summed E-state index contributed by atoms with van der Waals surface area (Å²) < 4.78 is 30.0. The third kappa shape index (κ3) is 4.99. The van der Waals surface area contributed by atoms with Crippen LogP contribution in [0.3, 0.4) is 0 Å². The molecule has 2 fully saturated rings. The van der Waals surface area contributed by atoms with E-state index in [9.17, 15) is 13.2 Å². The maximum atomic E-state index is 12.8. The number of benzene rings is 1. The van der Waals surface area contributed by atoms with Crippen molar-refractivity contribution in [2.75, 3.05) is 30.3 Å². The van der Waals surface area contributed by atoms with Gasteiger partial charge in [0.1, 0.15) is 0 Å². The summed E-state index contributed by atoms with van der Waals surface area (Å²) >= 11 is 2.96. The average Bonchev–Trinajstić information content (AvgIpc) is 3.50. The molecule has 3 aromatic rings. The van der Waals surface area contributed by atoms with E-state index in [0.29, 0.717) is 30.5 Å². The summed E-state index contributed by atoms with van der Waals surface area (Å²) in [6, 6.07) is 8.14. The molecule has 1 amide bonds. The minimum atomic E-state index is -2.92. The zero-order valence-electron chi connectivity index (χ0n) is 17.5. The van der Waals surface area contributed by atoms with Crippen molar-refractivity contribution in [2.24, 2.45) is 5.92 Å². The van der Waals surface area contributed by atoms with Crippen LogP contribution in [0.15, 0.2) is 33.9 Å². The Morgan fingerprint density at radius 1 is 1.25 bits per heavy atom. The van der Waals surface area contributed by atoms with E-state index in [-0.39, 0.29) is 35.0 Å². The molecule has 4 heterocycles. The number of aromatic nitrogens is 3. The largest absolute Gasteiger partial charge is 0.416 e. The first-order chi connectivity index (χ1) is 15.4. The number of hydrogen-bond acceptors (Lipinski definition) is 9. The molecule has 2 saturated heterocycles. The maximum Gasteiger partial charge on any atom is 0.277 e. The van der Waals surface area contributed by atoms with Gasteiger partial charge in [0.2, 0.25) is 11.8 Å². The van der Waals surface area contributed by atoms with Gasteiger partial charge in [-0.2, -0.15) is 0 Å². The van der Waals surface area contributed by atoms with E-state index in [2.05, 4.69) is 16.3 Å². The second-order valence-corrected chi connectivity index (χ2v) is 12.6. The number of thioether (sulfide) groups is 1. The molecule has 0 spiro atoms. The minimum absolute atomic E-state index is 0.0349. The molecule has 0 unspecified atom stereocenters. The van der Waals surface area contributed by atoms with Gasteiger partial charge in [0.15, 0.2) is 9.84 Å². The molecule has 0 N–H and O–H groups in total. The first-order valence-electron chi connectivity index (χ1n) is 10.7. The van der Waals surface area contributed by atoms with Crippen molar-refractivity contribution in [3.05, 3.63) is 35.2 Å². The summed E-state index contributed by atoms with van der Waals surface area (Å²) in [6.45, 7) is 1.44. The van der Waals surface area contributed by atoms with Gasteiger partial charge >= 0.3 is 0 Å². The van der Waals surface area contributed by atoms with Gasteiger partial charge in [-0.1, -0.05) is 23.9 Å². The Balaban J connectivity index is 1.14. The molecule has 2 aliphatic rings. The molecule has 170 valence electrons. The van der Waals surface area contributed by atoms with Crippen molar-refractivity contribution in [1.82, 2.24) is 20.1 Å². The van der Waals surface area contributed by atoms with E-state index in [1.807, 2.05) is 23.1 Å². The monoisotopic (exact) mass is 492 g/mol. The Hall–Kier alpha value is -1.98. The first kappa shape index (κ1) is 21.8. The zero-order valence-corrected chi connectivity index (χ0v) is 19.9. The van der Waals surface area contributed by atoms with Gasteiger partial charge in [-0.15, -0.1) is 21.5 Å². The molecule has 2 aliphatic heterocycles. The third-order valence-corrected chi connectivity index (χ3v) is 9.83. The molecule has 0 radical (unpaired) electrons. The van der Waals surface area contributed by atoms with E-state index in [1.54, 1.807) is 11.3 Å². The van der Waals surface area contributed by atoms with Crippen LogP contribution in [0.25, 0.3) is 10.2 Å². The number of fused-ring (bicyclic) bond motifs is 1. The summed E-state index contributed by atoms with van der Waals surface area (Å²) in [6.07, 6.45) is 3.11. The van der Waals surface area contributed by atoms with Crippen LogP contribution in [0.2, 0.25) is 0 Å². The number of para-hydroxylation sites is 1. The van der Waals surface area contributed by atoms with Crippen LogP contribution in [0.5, 0.6) is 0 Å². The van der Waals surface area contributed by atoms with E-state index < -0.39 is 9.84 Å². The van der Waals surface area contributed by atoms with E-state index in [4.69, 9.17) is 9.40 Å². The number of rotatable bonds is 6. The van der Waals surface area contributed by atoms with Crippen LogP contribution in [0.4, 0.5) is 0 Å². The fraction of sp³-hybridized carbons (Fsp3) is 0.524. The summed E-state index contributed by atoms with van der Waals surface area (Å²) in [7, 11) is -2.92. The van der Waals surface area contributed by atoms with Crippen molar-refractivity contribution in [3.63, 3.8) is 0 Å². The lowest BCUT2D eigenvalue weighted by atomic mass is 9.99. The summed E-state index contributed by atoms with van der Waals surface area (Å²) in [5.74, 6) is 1.46. The lowest BCUT2D eigenvalue weighted by molar-refractivity contribution is -0.129. The Labute approximate surface area is 194 Å². The highest BCUT2D eigenvalue weighted by atomic mass is 32.2. The quantitative estimate of drug-likeness (QED) is 0.483. The predicted octanol–water partition coefficient (Wildman–Crippen LogP) is 3.15. The number of carbonyl (C=O) groups is 1. The third-order valence-electron chi connectivity index (χ3n) is 5.99. The number of hydrogen-bond donors (Lipinski definition) is 0. The number of nitrogens with zero attached hydrogens (tertiary/aromatic N) is 4. The number of sulfone groups is 1. The van der Waals surface area contributed by atoms with Crippen molar-refractivity contribution >= 4 is 49.1 Å². The molecule has 11 heteroatoms. The van der Waals surface area contributed by atoms with Crippen LogP contribution < -0.4 is 0 Å². The van der Waals surface area contributed by atoms with Gasteiger partial charge in [0, 0.05) is 25.4 Å². The van der Waals surface area contributed by atoms with Gasteiger partial charge in [-0.05, 0) is 37.3 Å².